The van der Waals surface area contributed by atoms with Crippen molar-refractivity contribution in [1.29, 1.82) is 0 Å². The number of pyridine rings is 1. The summed E-state index contributed by atoms with van der Waals surface area (Å²) < 4.78 is 5.20. The number of hydrogen-bond acceptors (Lipinski definition) is 3. The molecule has 0 bridgehead atoms. The van der Waals surface area contributed by atoms with Crippen LogP contribution in [0, 0.1) is 0 Å². The van der Waals surface area contributed by atoms with Crippen LogP contribution in [0.25, 0.3) is 10.9 Å². The highest BCUT2D eigenvalue weighted by atomic mass is 16.5. The smallest absolute Gasteiger partial charge is 0.159 e. The molecule has 1 aliphatic carbocycles. The number of unbranched alkanes of at least 4 members (excludes halogenated alkanes) is 1. The van der Waals surface area contributed by atoms with Crippen molar-refractivity contribution in [1.82, 2.24) is 4.98 Å². The van der Waals surface area contributed by atoms with Crippen LogP contribution in [0.4, 0.5) is 0 Å². The molecule has 1 aliphatic rings. The van der Waals surface area contributed by atoms with E-state index in [9.17, 15) is 4.79 Å². The fourth-order valence-corrected chi connectivity index (χ4v) is 3.28. The Morgan fingerprint density at radius 3 is 2.68 bits per heavy atom. The third-order valence-electron chi connectivity index (χ3n) is 4.92. The molecule has 3 rings (SSSR count). The largest absolute Gasteiger partial charge is 0.381 e. The van der Waals surface area contributed by atoms with Crippen LogP contribution < -0.4 is 0 Å². The molecule has 1 unspecified atom stereocenters. The SMILES string of the molecule is CC(=O)c1ccc2nc3c(cc2c1)CCC3.CCCCC(CC)OC. The monoisotopic (exact) mass is 341 g/mol. The van der Waals surface area contributed by atoms with Crippen molar-refractivity contribution < 1.29 is 9.53 Å². The first-order valence-corrected chi connectivity index (χ1v) is 9.55. The number of aromatic nitrogens is 1. The Hall–Kier alpha value is -1.74. The standard InChI is InChI=1S/C14H13NO.C8H18O/c1-9(16)10-5-6-14-12(7-10)8-11-3-2-4-13(11)15-14;1-4-6-7-8(5-2)9-3/h5-8H,2-4H2,1H3;8H,4-7H2,1-3H3. The van der Waals surface area contributed by atoms with Gasteiger partial charge in [0.2, 0.25) is 0 Å². The lowest BCUT2D eigenvalue weighted by atomic mass is 10.1. The van der Waals surface area contributed by atoms with Gasteiger partial charge in [-0.2, -0.15) is 0 Å². The summed E-state index contributed by atoms with van der Waals surface area (Å²) in [6.45, 7) is 5.98. The summed E-state index contributed by atoms with van der Waals surface area (Å²) in [5, 5.41) is 1.09. The first-order valence-electron chi connectivity index (χ1n) is 9.55. The van der Waals surface area contributed by atoms with E-state index < -0.39 is 0 Å². The van der Waals surface area contributed by atoms with Gasteiger partial charge in [0.05, 0.1) is 11.6 Å². The van der Waals surface area contributed by atoms with Crippen LogP contribution in [0.2, 0.25) is 0 Å². The number of hydrogen-bond donors (Lipinski definition) is 0. The lowest BCUT2D eigenvalue weighted by Crippen LogP contribution is -2.07. The predicted octanol–water partition coefficient (Wildman–Crippen LogP) is 5.53. The number of methoxy groups -OCH3 is 1. The quantitative estimate of drug-likeness (QED) is 0.649. The number of carbonyl (C=O) groups is 1. The minimum atomic E-state index is 0.113. The lowest BCUT2D eigenvalue weighted by Gasteiger charge is -2.10. The number of fused-ring (bicyclic) bond motifs is 2. The molecule has 0 saturated heterocycles. The van der Waals surface area contributed by atoms with E-state index in [1.807, 2.05) is 18.2 Å². The zero-order valence-electron chi connectivity index (χ0n) is 16.1. The number of nitrogens with zero attached hydrogens (tertiary/aromatic N) is 1. The van der Waals surface area contributed by atoms with E-state index in [1.165, 1.54) is 36.9 Å². The first kappa shape index (κ1) is 19.6. The zero-order valence-corrected chi connectivity index (χ0v) is 16.1. The average Bonchev–Trinajstić information content (AvgIpc) is 3.08. The molecular formula is C22H31NO2. The number of carbonyl (C=O) groups excluding carboxylic acids is 1. The minimum absolute atomic E-state index is 0.113. The minimum Gasteiger partial charge on any atom is -0.381 e. The van der Waals surface area contributed by atoms with Gasteiger partial charge in [-0.3, -0.25) is 9.78 Å². The zero-order chi connectivity index (χ0) is 18.2. The van der Waals surface area contributed by atoms with Gasteiger partial charge in [-0.05, 0) is 68.9 Å². The topological polar surface area (TPSA) is 39.2 Å². The van der Waals surface area contributed by atoms with Crippen molar-refractivity contribution in [3.8, 4) is 0 Å². The second-order valence-corrected chi connectivity index (χ2v) is 6.82. The molecule has 0 fully saturated rings. The number of Topliss-reactive ketones (excluding diaryl/α,β-unsaturated/α-hetero) is 1. The molecule has 0 N–H and O–H groups in total. The van der Waals surface area contributed by atoms with Gasteiger partial charge in [0.1, 0.15) is 0 Å². The third kappa shape index (κ3) is 5.37. The Bertz CT molecular complexity index is 704. The number of aryl methyl sites for hydroxylation is 2. The summed E-state index contributed by atoms with van der Waals surface area (Å²) in [4.78, 5) is 15.9. The van der Waals surface area contributed by atoms with Crippen molar-refractivity contribution in [3.63, 3.8) is 0 Å². The molecule has 2 aromatic rings. The number of ketones is 1. The van der Waals surface area contributed by atoms with Crippen molar-refractivity contribution in [3.05, 3.63) is 41.1 Å². The summed E-state index contributed by atoms with van der Waals surface area (Å²) in [5.74, 6) is 0.113. The van der Waals surface area contributed by atoms with Crippen molar-refractivity contribution in [2.75, 3.05) is 7.11 Å². The summed E-state index contributed by atoms with van der Waals surface area (Å²) in [6.07, 6.45) is 8.89. The molecule has 3 heteroatoms. The van der Waals surface area contributed by atoms with Crippen molar-refractivity contribution in [2.45, 2.75) is 71.8 Å². The third-order valence-corrected chi connectivity index (χ3v) is 4.92. The summed E-state index contributed by atoms with van der Waals surface area (Å²) in [5.41, 5.74) is 4.37. The Balaban J connectivity index is 0.000000217. The summed E-state index contributed by atoms with van der Waals surface area (Å²) >= 11 is 0. The molecule has 0 radical (unpaired) electrons. The molecule has 1 heterocycles. The summed E-state index contributed by atoms with van der Waals surface area (Å²) in [7, 11) is 1.80. The van der Waals surface area contributed by atoms with Gasteiger partial charge in [0, 0.05) is 23.8 Å². The van der Waals surface area contributed by atoms with Gasteiger partial charge >= 0.3 is 0 Å². The average molecular weight is 341 g/mol. The van der Waals surface area contributed by atoms with E-state index in [4.69, 9.17) is 4.74 Å². The van der Waals surface area contributed by atoms with Crippen molar-refractivity contribution >= 4 is 16.7 Å². The van der Waals surface area contributed by atoms with E-state index in [0.29, 0.717) is 6.10 Å². The highest BCUT2D eigenvalue weighted by molar-refractivity contribution is 5.97. The molecule has 1 atom stereocenters. The van der Waals surface area contributed by atoms with E-state index in [1.54, 1.807) is 14.0 Å². The molecule has 1 aromatic heterocycles. The molecule has 136 valence electrons. The number of ether oxygens (including phenoxy) is 1. The van der Waals surface area contributed by atoms with Gasteiger partial charge in [-0.1, -0.05) is 26.7 Å². The van der Waals surface area contributed by atoms with Crippen LogP contribution in [0.15, 0.2) is 24.3 Å². The maximum atomic E-state index is 11.3. The maximum Gasteiger partial charge on any atom is 0.159 e. The van der Waals surface area contributed by atoms with Crippen LogP contribution in [-0.4, -0.2) is 24.0 Å². The Kier molecular flexibility index (Phi) is 7.57. The predicted molar refractivity (Wildman–Crippen MR) is 104 cm³/mol. The van der Waals surface area contributed by atoms with E-state index in [2.05, 4.69) is 24.9 Å². The maximum absolute atomic E-state index is 11.3. The second kappa shape index (κ2) is 9.67. The fourth-order valence-electron chi connectivity index (χ4n) is 3.28. The Morgan fingerprint density at radius 2 is 2.04 bits per heavy atom. The first-order chi connectivity index (χ1) is 12.1. The van der Waals surface area contributed by atoms with Gasteiger partial charge in [0.15, 0.2) is 5.78 Å². The highest BCUT2D eigenvalue weighted by Crippen LogP contribution is 2.25. The number of rotatable bonds is 6. The van der Waals surface area contributed by atoms with Gasteiger partial charge in [0.25, 0.3) is 0 Å². The van der Waals surface area contributed by atoms with E-state index in [-0.39, 0.29) is 5.78 Å². The Morgan fingerprint density at radius 1 is 1.24 bits per heavy atom. The fraction of sp³-hybridized carbons (Fsp3) is 0.545. The van der Waals surface area contributed by atoms with Crippen LogP contribution in [0.1, 0.15) is 74.5 Å². The Labute approximate surface area is 151 Å². The lowest BCUT2D eigenvalue weighted by molar-refractivity contribution is 0.0902. The molecule has 0 aliphatic heterocycles. The van der Waals surface area contributed by atoms with Crippen LogP contribution in [0.3, 0.4) is 0 Å². The van der Waals surface area contributed by atoms with Gasteiger partial charge in [-0.25, -0.2) is 0 Å². The molecule has 0 amide bonds. The normalized spacial score (nSPS) is 13.9. The van der Waals surface area contributed by atoms with E-state index in [0.717, 1.165) is 35.7 Å². The highest BCUT2D eigenvalue weighted by Gasteiger charge is 2.13. The van der Waals surface area contributed by atoms with Crippen LogP contribution in [0.5, 0.6) is 0 Å². The molecule has 0 spiro atoms. The number of benzene rings is 1. The molecule has 25 heavy (non-hydrogen) atoms. The molecule has 1 aromatic carbocycles. The van der Waals surface area contributed by atoms with Crippen molar-refractivity contribution in [2.24, 2.45) is 0 Å². The van der Waals surface area contributed by atoms with Crippen LogP contribution in [-0.2, 0) is 17.6 Å². The van der Waals surface area contributed by atoms with Crippen LogP contribution >= 0.6 is 0 Å². The second-order valence-electron chi connectivity index (χ2n) is 6.82. The molecule has 0 saturated carbocycles. The molecule has 3 nitrogen and oxygen atoms in total. The summed E-state index contributed by atoms with van der Waals surface area (Å²) in [6, 6.07) is 7.95. The van der Waals surface area contributed by atoms with Gasteiger partial charge in [-0.15, -0.1) is 0 Å². The van der Waals surface area contributed by atoms with E-state index >= 15 is 0 Å². The molecular weight excluding hydrogens is 310 g/mol. The van der Waals surface area contributed by atoms with Gasteiger partial charge < -0.3 is 4.74 Å².